The van der Waals surface area contributed by atoms with Gasteiger partial charge >= 0.3 is 0 Å². The molecule has 0 aliphatic rings. The minimum Gasteiger partial charge on any atom is -0.494 e. The van der Waals surface area contributed by atoms with E-state index in [0.29, 0.717) is 40.5 Å². The maximum atomic E-state index is 11.9. The lowest BCUT2D eigenvalue weighted by atomic mass is 9.93. The van der Waals surface area contributed by atoms with E-state index in [-0.39, 0.29) is 5.78 Å². The molecular formula is C18H18ClNO3. The first-order valence-corrected chi connectivity index (χ1v) is 7.81. The highest BCUT2D eigenvalue weighted by molar-refractivity contribution is 6.17. The summed E-state index contributed by atoms with van der Waals surface area (Å²) in [6.45, 7) is 1.97. The molecule has 0 radical (unpaired) electrons. The van der Waals surface area contributed by atoms with Crippen molar-refractivity contribution in [3.8, 4) is 16.9 Å². The van der Waals surface area contributed by atoms with Crippen LogP contribution in [-0.2, 0) is 0 Å². The van der Waals surface area contributed by atoms with Gasteiger partial charge in [0.1, 0.15) is 5.75 Å². The summed E-state index contributed by atoms with van der Waals surface area (Å²) in [6.07, 6.45) is 0.721. The van der Waals surface area contributed by atoms with Crippen LogP contribution in [0.4, 0.5) is 0 Å². The van der Waals surface area contributed by atoms with Crippen molar-refractivity contribution in [2.45, 2.75) is 13.3 Å². The highest BCUT2D eigenvalue weighted by Gasteiger charge is 2.16. The Balaban J connectivity index is 2.52. The van der Waals surface area contributed by atoms with Gasteiger partial charge < -0.3 is 10.5 Å². The molecule has 2 aromatic carbocycles. The minimum atomic E-state index is -0.550. The highest BCUT2D eigenvalue weighted by atomic mass is 35.5. The third kappa shape index (κ3) is 4.11. The zero-order valence-corrected chi connectivity index (χ0v) is 13.6. The molecule has 0 fully saturated rings. The normalized spacial score (nSPS) is 10.3. The van der Waals surface area contributed by atoms with E-state index in [0.717, 1.165) is 6.42 Å². The largest absolute Gasteiger partial charge is 0.494 e. The Morgan fingerprint density at radius 1 is 1.09 bits per heavy atom. The first-order chi connectivity index (χ1) is 11.0. The molecule has 5 heteroatoms. The van der Waals surface area contributed by atoms with E-state index in [9.17, 15) is 9.59 Å². The van der Waals surface area contributed by atoms with Crippen LogP contribution in [0.15, 0.2) is 42.5 Å². The zero-order chi connectivity index (χ0) is 16.8. The van der Waals surface area contributed by atoms with E-state index in [2.05, 4.69) is 0 Å². The van der Waals surface area contributed by atoms with Gasteiger partial charge in [-0.3, -0.25) is 9.59 Å². The van der Waals surface area contributed by atoms with Gasteiger partial charge in [0.05, 0.1) is 6.61 Å². The Labute approximate surface area is 140 Å². The Hall–Kier alpha value is -2.33. The van der Waals surface area contributed by atoms with Crippen molar-refractivity contribution in [2.24, 2.45) is 5.73 Å². The van der Waals surface area contributed by atoms with Gasteiger partial charge in [-0.1, -0.05) is 24.3 Å². The molecule has 2 aromatic rings. The Kier molecular flexibility index (Phi) is 5.77. The van der Waals surface area contributed by atoms with E-state index >= 15 is 0 Å². The molecular weight excluding hydrogens is 314 g/mol. The van der Waals surface area contributed by atoms with Crippen LogP contribution in [0.25, 0.3) is 11.1 Å². The second kappa shape index (κ2) is 7.79. The number of amides is 1. The standard InChI is InChI=1S/C18H18ClNO3/c1-12(21)14-5-2-3-6-15(14)17-11-13(23-10-4-9-19)7-8-16(17)18(20)22/h2-3,5-8,11H,4,9-10H2,1H3,(H2,20,22). The number of benzene rings is 2. The average Bonchev–Trinajstić information content (AvgIpc) is 2.54. The lowest BCUT2D eigenvalue weighted by Crippen LogP contribution is -2.13. The van der Waals surface area contributed by atoms with Gasteiger partial charge in [0.15, 0.2) is 5.78 Å². The van der Waals surface area contributed by atoms with Crippen molar-refractivity contribution in [3.63, 3.8) is 0 Å². The zero-order valence-electron chi connectivity index (χ0n) is 12.8. The first-order valence-electron chi connectivity index (χ1n) is 7.27. The summed E-state index contributed by atoms with van der Waals surface area (Å²) < 4.78 is 5.62. The fourth-order valence-electron chi connectivity index (χ4n) is 2.32. The quantitative estimate of drug-likeness (QED) is 0.478. The lowest BCUT2D eigenvalue weighted by Gasteiger charge is -2.13. The van der Waals surface area contributed by atoms with Gasteiger partial charge in [-0.25, -0.2) is 0 Å². The van der Waals surface area contributed by atoms with Crippen molar-refractivity contribution in [2.75, 3.05) is 12.5 Å². The second-order valence-corrected chi connectivity index (χ2v) is 5.44. The molecule has 0 aromatic heterocycles. The molecule has 2 N–H and O–H groups in total. The van der Waals surface area contributed by atoms with E-state index in [4.69, 9.17) is 22.1 Å². The van der Waals surface area contributed by atoms with Gasteiger partial charge in [0.2, 0.25) is 5.91 Å². The number of hydrogen-bond acceptors (Lipinski definition) is 3. The summed E-state index contributed by atoms with van der Waals surface area (Å²) in [6, 6.07) is 12.2. The number of ketones is 1. The van der Waals surface area contributed by atoms with E-state index < -0.39 is 5.91 Å². The van der Waals surface area contributed by atoms with Gasteiger partial charge in [-0.15, -0.1) is 11.6 Å². The van der Waals surface area contributed by atoms with Gasteiger partial charge in [0, 0.05) is 17.0 Å². The van der Waals surface area contributed by atoms with Gasteiger partial charge in [0.25, 0.3) is 0 Å². The molecule has 0 aliphatic heterocycles. The average molecular weight is 332 g/mol. The molecule has 0 saturated heterocycles. The number of primary amides is 1. The number of Topliss-reactive ketones (excluding diaryl/α,β-unsaturated/α-hetero) is 1. The van der Waals surface area contributed by atoms with Crippen LogP contribution in [0.2, 0.25) is 0 Å². The van der Waals surface area contributed by atoms with Crippen LogP contribution in [0.3, 0.4) is 0 Å². The molecule has 0 spiro atoms. The third-order valence-electron chi connectivity index (χ3n) is 3.40. The molecule has 120 valence electrons. The van der Waals surface area contributed by atoms with Crippen molar-refractivity contribution >= 4 is 23.3 Å². The molecule has 0 heterocycles. The van der Waals surface area contributed by atoms with Gasteiger partial charge in [-0.05, 0) is 42.7 Å². The predicted octanol–water partition coefficient (Wildman–Crippen LogP) is 3.66. The van der Waals surface area contributed by atoms with Crippen molar-refractivity contribution in [1.29, 1.82) is 0 Å². The fraction of sp³-hybridized carbons (Fsp3) is 0.222. The van der Waals surface area contributed by atoms with Crippen molar-refractivity contribution < 1.29 is 14.3 Å². The van der Waals surface area contributed by atoms with Crippen LogP contribution >= 0.6 is 11.6 Å². The summed E-state index contributed by atoms with van der Waals surface area (Å²) in [7, 11) is 0. The number of alkyl halides is 1. The summed E-state index contributed by atoms with van der Waals surface area (Å²) >= 11 is 5.64. The first kappa shape index (κ1) is 17.0. The SMILES string of the molecule is CC(=O)c1ccccc1-c1cc(OCCCCl)ccc1C(N)=O. The topological polar surface area (TPSA) is 69.4 Å². The third-order valence-corrected chi connectivity index (χ3v) is 3.67. The Bertz CT molecular complexity index is 728. The molecule has 0 unspecified atom stereocenters. The molecule has 0 saturated carbocycles. The lowest BCUT2D eigenvalue weighted by molar-refractivity contribution is 0.0995. The Morgan fingerprint density at radius 3 is 2.48 bits per heavy atom. The number of halogens is 1. The number of nitrogens with two attached hydrogens (primary N) is 1. The fourth-order valence-corrected chi connectivity index (χ4v) is 2.43. The molecule has 2 rings (SSSR count). The number of carbonyl (C=O) groups is 2. The van der Waals surface area contributed by atoms with E-state index in [1.165, 1.54) is 6.92 Å². The van der Waals surface area contributed by atoms with Crippen LogP contribution in [0.1, 0.15) is 34.1 Å². The molecule has 0 atom stereocenters. The number of rotatable bonds is 7. The van der Waals surface area contributed by atoms with Crippen LogP contribution < -0.4 is 10.5 Å². The highest BCUT2D eigenvalue weighted by Crippen LogP contribution is 2.31. The Morgan fingerprint density at radius 2 is 1.83 bits per heavy atom. The maximum absolute atomic E-state index is 11.9. The molecule has 1 amide bonds. The monoisotopic (exact) mass is 331 g/mol. The number of carbonyl (C=O) groups excluding carboxylic acids is 2. The molecule has 0 aliphatic carbocycles. The van der Waals surface area contributed by atoms with Crippen LogP contribution in [-0.4, -0.2) is 24.2 Å². The predicted molar refractivity (Wildman–Crippen MR) is 91.2 cm³/mol. The number of ether oxygens (including phenoxy) is 1. The van der Waals surface area contributed by atoms with E-state index in [1.807, 2.05) is 6.07 Å². The summed E-state index contributed by atoms with van der Waals surface area (Å²) in [5.74, 6) is 0.489. The minimum absolute atomic E-state index is 0.0792. The number of hydrogen-bond donors (Lipinski definition) is 1. The summed E-state index contributed by atoms with van der Waals surface area (Å²) in [4.78, 5) is 23.6. The van der Waals surface area contributed by atoms with Gasteiger partial charge in [-0.2, -0.15) is 0 Å². The summed E-state index contributed by atoms with van der Waals surface area (Å²) in [5, 5.41) is 0. The molecule has 4 nitrogen and oxygen atoms in total. The smallest absolute Gasteiger partial charge is 0.249 e. The molecule has 23 heavy (non-hydrogen) atoms. The van der Waals surface area contributed by atoms with E-state index in [1.54, 1.807) is 36.4 Å². The van der Waals surface area contributed by atoms with Crippen LogP contribution in [0, 0.1) is 0 Å². The van der Waals surface area contributed by atoms with Crippen LogP contribution in [0.5, 0.6) is 5.75 Å². The maximum Gasteiger partial charge on any atom is 0.249 e. The second-order valence-electron chi connectivity index (χ2n) is 5.06. The van der Waals surface area contributed by atoms with Crippen molar-refractivity contribution in [1.82, 2.24) is 0 Å². The van der Waals surface area contributed by atoms with Crippen molar-refractivity contribution in [3.05, 3.63) is 53.6 Å². The summed E-state index contributed by atoms with van der Waals surface area (Å²) in [5.41, 5.74) is 7.61. The molecule has 0 bridgehead atoms.